The first-order valence-corrected chi connectivity index (χ1v) is 5.12. The van der Waals surface area contributed by atoms with Gasteiger partial charge in [-0.15, -0.1) is 0 Å². The molecule has 3 nitrogen and oxygen atoms in total. The summed E-state index contributed by atoms with van der Waals surface area (Å²) in [7, 11) is 0. The van der Waals surface area contributed by atoms with Gasteiger partial charge in [0.05, 0.1) is 0 Å². The van der Waals surface area contributed by atoms with Crippen molar-refractivity contribution in [2.75, 3.05) is 0 Å². The first kappa shape index (κ1) is 10.5. The maximum absolute atomic E-state index is 11.2. The third kappa shape index (κ3) is 2.14. The molecular formula is C13H13NO2. The number of hydrogen-bond acceptors (Lipinski definition) is 2. The van der Waals surface area contributed by atoms with E-state index in [1.165, 1.54) is 23.4 Å². The summed E-state index contributed by atoms with van der Waals surface area (Å²) in [5, 5.41) is 9.07. The lowest BCUT2D eigenvalue weighted by Gasteiger charge is -2.05. The fraction of sp³-hybridized carbons (Fsp3) is 0.154. The number of aromatic nitrogens is 1. The summed E-state index contributed by atoms with van der Waals surface area (Å²) in [5.74, 6) is 0. The molecular weight excluding hydrogens is 202 g/mol. The Kier molecular flexibility index (Phi) is 2.77. The first-order valence-electron chi connectivity index (χ1n) is 5.12. The maximum Gasteiger partial charge on any atom is 0.283 e. The van der Waals surface area contributed by atoms with Crippen molar-refractivity contribution in [3.63, 3.8) is 0 Å². The van der Waals surface area contributed by atoms with Gasteiger partial charge in [0.15, 0.2) is 0 Å². The summed E-state index contributed by atoms with van der Waals surface area (Å²) >= 11 is 0. The Morgan fingerprint density at radius 3 is 2.69 bits per heavy atom. The number of pyridine rings is 1. The highest BCUT2D eigenvalue weighted by Crippen LogP contribution is 2.11. The predicted octanol–water partition coefficient (Wildman–Crippen LogP) is 1.98. The molecule has 1 aromatic carbocycles. The zero-order valence-corrected chi connectivity index (χ0v) is 9.05. The minimum absolute atomic E-state index is 0.397. The van der Waals surface area contributed by atoms with Crippen LogP contribution in [-0.2, 0) is 6.42 Å². The van der Waals surface area contributed by atoms with E-state index in [4.69, 9.17) is 5.21 Å². The summed E-state index contributed by atoms with van der Waals surface area (Å²) in [6.07, 6.45) is 2.08. The Morgan fingerprint density at radius 1 is 1.25 bits per heavy atom. The highest BCUT2D eigenvalue weighted by molar-refractivity contribution is 5.30. The summed E-state index contributed by atoms with van der Waals surface area (Å²) in [6.45, 7) is 2.04. The van der Waals surface area contributed by atoms with Crippen molar-refractivity contribution in [3.8, 4) is 0 Å². The van der Waals surface area contributed by atoms with Crippen molar-refractivity contribution in [2.45, 2.75) is 13.3 Å². The van der Waals surface area contributed by atoms with Crippen molar-refractivity contribution in [3.05, 3.63) is 69.6 Å². The molecule has 82 valence electrons. The van der Waals surface area contributed by atoms with E-state index in [2.05, 4.69) is 0 Å². The molecule has 0 atom stereocenters. The van der Waals surface area contributed by atoms with Crippen molar-refractivity contribution < 1.29 is 5.21 Å². The van der Waals surface area contributed by atoms with Crippen molar-refractivity contribution in [1.29, 1.82) is 0 Å². The van der Waals surface area contributed by atoms with E-state index < -0.39 is 5.56 Å². The molecule has 1 heterocycles. The monoisotopic (exact) mass is 215 g/mol. The van der Waals surface area contributed by atoms with Gasteiger partial charge in [-0.3, -0.25) is 4.79 Å². The lowest BCUT2D eigenvalue weighted by Crippen LogP contribution is -2.16. The van der Waals surface area contributed by atoms with Gasteiger partial charge in [-0.25, -0.2) is 0 Å². The molecule has 2 rings (SSSR count). The normalized spacial score (nSPS) is 10.3. The van der Waals surface area contributed by atoms with Crippen LogP contribution in [0.4, 0.5) is 0 Å². The largest absolute Gasteiger partial charge is 0.425 e. The van der Waals surface area contributed by atoms with Crippen LogP contribution in [0.5, 0.6) is 0 Å². The Labute approximate surface area is 93.6 Å². The van der Waals surface area contributed by atoms with E-state index in [9.17, 15) is 4.79 Å². The maximum atomic E-state index is 11.2. The minimum atomic E-state index is -0.397. The van der Waals surface area contributed by atoms with Gasteiger partial charge in [-0.05, 0) is 36.1 Å². The van der Waals surface area contributed by atoms with E-state index in [1.54, 1.807) is 6.07 Å². The molecule has 1 N–H and O–H groups in total. The average molecular weight is 215 g/mol. The van der Waals surface area contributed by atoms with Crippen LogP contribution in [0.15, 0.2) is 47.4 Å². The second-order valence-corrected chi connectivity index (χ2v) is 3.82. The predicted molar refractivity (Wildman–Crippen MR) is 61.9 cm³/mol. The minimum Gasteiger partial charge on any atom is -0.425 e. The number of benzene rings is 1. The summed E-state index contributed by atoms with van der Waals surface area (Å²) in [4.78, 5) is 11.2. The van der Waals surface area contributed by atoms with E-state index in [0.29, 0.717) is 11.2 Å². The van der Waals surface area contributed by atoms with Gasteiger partial charge in [0.2, 0.25) is 0 Å². The van der Waals surface area contributed by atoms with Crippen LogP contribution in [0.2, 0.25) is 0 Å². The van der Waals surface area contributed by atoms with Gasteiger partial charge >= 0.3 is 0 Å². The third-order valence-corrected chi connectivity index (χ3v) is 2.62. The van der Waals surface area contributed by atoms with Crippen LogP contribution in [0.3, 0.4) is 0 Å². The van der Waals surface area contributed by atoms with Crippen LogP contribution in [0.25, 0.3) is 0 Å². The molecule has 0 amide bonds. The molecule has 0 unspecified atom stereocenters. The van der Waals surface area contributed by atoms with Gasteiger partial charge in [0.1, 0.15) is 0 Å². The molecule has 0 aliphatic rings. The fourth-order valence-corrected chi connectivity index (χ4v) is 1.65. The summed E-state index contributed by atoms with van der Waals surface area (Å²) in [5.41, 5.74) is 2.91. The summed E-state index contributed by atoms with van der Waals surface area (Å²) in [6, 6.07) is 11.3. The van der Waals surface area contributed by atoms with Crippen molar-refractivity contribution >= 4 is 0 Å². The molecule has 0 saturated heterocycles. The molecule has 0 saturated carbocycles. The molecule has 3 heteroatoms. The third-order valence-electron chi connectivity index (χ3n) is 2.62. The van der Waals surface area contributed by atoms with E-state index in [-0.39, 0.29) is 0 Å². The standard InChI is InChI=1S/C13H13NO2/c1-10-4-2-3-5-12(10)8-11-6-7-14(16)13(15)9-11/h2-7,9,16H,8H2,1H3. The van der Waals surface area contributed by atoms with Crippen LogP contribution >= 0.6 is 0 Å². The topological polar surface area (TPSA) is 42.2 Å². The Bertz CT molecular complexity index is 558. The Hall–Kier alpha value is -2.03. The molecule has 0 radical (unpaired) electrons. The lowest BCUT2D eigenvalue weighted by atomic mass is 10.0. The summed E-state index contributed by atoms with van der Waals surface area (Å²) < 4.78 is 0.585. The van der Waals surface area contributed by atoms with E-state index >= 15 is 0 Å². The van der Waals surface area contributed by atoms with Gasteiger partial charge in [-0.2, -0.15) is 4.73 Å². The Balaban J connectivity index is 2.31. The van der Waals surface area contributed by atoms with E-state index in [0.717, 1.165) is 5.56 Å². The van der Waals surface area contributed by atoms with Gasteiger partial charge < -0.3 is 5.21 Å². The molecule has 0 fully saturated rings. The van der Waals surface area contributed by atoms with Crippen LogP contribution in [0, 0.1) is 6.92 Å². The van der Waals surface area contributed by atoms with Crippen LogP contribution in [0.1, 0.15) is 16.7 Å². The molecule has 2 aromatic rings. The zero-order chi connectivity index (χ0) is 11.5. The Morgan fingerprint density at radius 2 is 2.00 bits per heavy atom. The number of nitrogens with zero attached hydrogens (tertiary/aromatic N) is 1. The molecule has 1 aromatic heterocycles. The van der Waals surface area contributed by atoms with Crippen LogP contribution < -0.4 is 5.56 Å². The fourth-order valence-electron chi connectivity index (χ4n) is 1.65. The van der Waals surface area contributed by atoms with Gasteiger partial charge in [0, 0.05) is 12.3 Å². The average Bonchev–Trinajstić information content (AvgIpc) is 2.27. The molecule has 0 spiro atoms. The lowest BCUT2D eigenvalue weighted by molar-refractivity contribution is 0.174. The van der Waals surface area contributed by atoms with Crippen molar-refractivity contribution in [2.24, 2.45) is 0 Å². The number of aryl methyl sites for hydroxylation is 1. The second-order valence-electron chi connectivity index (χ2n) is 3.82. The molecule has 16 heavy (non-hydrogen) atoms. The zero-order valence-electron chi connectivity index (χ0n) is 9.05. The van der Waals surface area contributed by atoms with E-state index in [1.807, 2.05) is 31.2 Å². The molecule has 0 aliphatic heterocycles. The SMILES string of the molecule is Cc1ccccc1Cc1ccn(O)c(=O)c1. The van der Waals surface area contributed by atoms with Gasteiger partial charge in [0.25, 0.3) is 5.56 Å². The van der Waals surface area contributed by atoms with Crippen LogP contribution in [-0.4, -0.2) is 9.94 Å². The van der Waals surface area contributed by atoms with Gasteiger partial charge in [-0.1, -0.05) is 24.3 Å². The number of rotatable bonds is 2. The highest BCUT2D eigenvalue weighted by atomic mass is 16.5. The molecule has 0 bridgehead atoms. The number of hydrogen-bond donors (Lipinski definition) is 1. The first-order chi connectivity index (χ1) is 7.66. The highest BCUT2D eigenvalue weighted by Gasteiger charge is 2.01. The smallest absolute Gasteiger partial charge is 0.283 e. The second kappa shape index (κ2) is 4.23. The van der Waals surface area contributed by atoms with Crippen molar-refractivity contribution in [1.82, 2.24) is 4.73 Å². The quantitative estimate of drug-likeness (QED) is 0.778. The molecule has 0 aliphatic carbocycles.